The number of hydrogen-bond donors (Lipinski definition) is 0. The van der Waals surface area contributed by atoms with Crippen LogP contribution in [0.1, 0.15) is 20.3 Å². The Morgan fingerprint density at radius 2 is 2.17 bits per heavy atom. The highest BCUT2D eigenvalue weighted by atomic mass is 28.4. The van der Waals surface area contributed by atoms with E-state index in [0.717, 1.165) is 12.2 Å². The molecule has 1 heterocycles. The average molecular weight is 184 g/mol. The third-order valence-electron chi connectivity index (χ3n) is 1.82. The fraction of sp³-hybridized carbons (Fsp3) is 0.556. The zero-order valence-corrected chi connectivity index (χ0v) is 9.02. The van der Waals surface area contributed by atoms with Gasteiger partial charge in [0.2, 0.25) is 0 Å². The summed E-state index contributed by atoms with van der Waals surface area (Å²) in [5.74, 6) is 0.820. The van der Waals surface area contributed by atoms with Gasteiger partial charge in [-0.2, -0.15) is 0 Å². The quantitative estimate of drug-likeness (QED) is 0.583. The molecule has 1 rings (SSSR count). The van der Waals surface area contributed by atoms with E-state index in [1.54, 1.807) is 5.70 Å². The van der Waals surface area contributed by atoms with E-state index >= 15 is 0 Å². The Hall–Kier alpha value is -0.543. The molecule has 1 aliphatic heterocycles. The number of hydrogen-bond acceptors (Lipinski definition) is 2. The zero-order chi connectivity index (χ0) is 9.41. The molecule has 1 atom stereocenters. The summed E-state index contributed by atoms with van der Waals surface area (Å²) in [7, 11) is -2.14. The summed E-state index contributed by atoms with van der Waals surface area (Å²) in [6, 6.07) is 0. The molecule has 0 saturated carbocycles. The summed E-state index contributed by atoms with van der Waals surface area (Å²) in [4.78, 5) is 0. The van der Waals surface area contributed by atoms with Crippen LogP contribution in [0, 0.1) is 0 Å². The minimum Gasteiger partial charge on any atom is -0.522 e. The van der Waals surface area contributed by atoms with E-state index in [9.17, 15) is 0 Å². The molecule has 12 heavy (non-hydrogen) atoms. The molecule has 0 spiro atoms. The van der Waals surface area contributed by atoms with Crippen LogP contribution in [0.3, 0.4) is 0 Å². The Morgan fingerprint density at radius 3 is 2.58 bits per heavy atom. The number of rotatable bonds is 1. The molecule has 0 aromatic rings. The second-order valence-electron chi connectivity index (χ2n) is 3.90. The molecule has 2 nitrogen and oxygen atoms in total. The lowest BCUT2D eigenvalue weighted by atomic mass is 10.1. The van der Waals surface area contributed by atoms with Crippen molar-refractivity contribution in [2.24, 2.45) is 0 Å². The van der Waals surface area contributed by atoms with Crippen LogP contribution < -0.4 is 0 Å². The van der Waals surface area contributed by atoms with E-state index in [0.29, 0.717) is 0 Å². The van der Waals surface area contributed by atoms with Crippen LogP contribution in [0.25, 0.3) is 0 Å². The normalized spacial score (nSPS) is 34.1. The van der Waals surface area contributed by atoms with E-state index < -0.39 is 8.56 Å². The van der Waals surface area contributed by atoms with Gasteiger partial charge in [-0.05, 0) is 26.1 Å². The second kappa shape index (κ2) is 2.75. The van der Waals surface area contributed by atoms with E-state index in [4.69, 9.17) is 8.85 Å². The minimum atomic E-state index is -2.14. The smallest absolute Gasteiger partial charge is 0.422 e. The van der Waals surface area contributed by atoms with Gasteiger partial charge in [-0.1, -0.05) is 6.58 Å². The summed E-state index contributed by atoms with van der Waals surface area (Å²) >= 11 is 0. The molecule has 0 bridgehead atoms. The molecule has 68 valence electrons. The van der Waals surface area contributed by atoms with Gasteiger partial charge in [0.1, 0.15) is 0 Å². The topological polar surface area (TPSA) is 18.5 Å². The van der Waals surface area contributed by atoms with Gasteiger partial charge in [0.25, 0.3) is 0 Å². The van der Waals surface area contributed by atoms with Crippen molar-refractivity contribution >= 4 is 8.56 Å². The molecule has 0 aliphatic carbocycles. The third-order valence-corrected chi connectivity index (χ3v) is 4.21. The molecular formula is C9H16O2Si. The molecule has 1 unspecified atom stereocenters. The van der Waals surface area contributed by atoms with Crippen LogP contribution in [0.15, 0.2) is 24.6 Å². The Balaban J connectivity index is 2.83. The third kappa shape index (κ3) is 1.99. The highest BCUT2D eigenvalue weighted by Crippen LogP contribution is 2.32. The zero-order valence-electron chi connectivity index (χ0n) is 8.02. The maximum atomic E-state index is 5.82. The van der Waals surface area contributed by atoms with Crippen LogP contribution >= 0.6 is 0 Å². The van der Waals surface area contributed by atoms with Crippen molar-refractivity contribution in [2.45, 2.75) is 32.4 Å². The Morgan fingerprint density at radius 1 is 1.58 bits per heavy atom. The van der Waals surface area contributed by atoms with Crippen molar-refractivity contribution < 1.29 is 8.85 Å². The lowest BCUT2D eigenvalue weighted by Crippen LogP contribution is -2.49. The fourth-order valence-electron chi connectivity index (χ4n) is 1.49. The van der Waals surface area contributed by atoms with Gasteiger partial charge in [0.05, 0.1) is 11.4 Å². The first-order valence-electron chi connectivity index (χ1n) is 4.07. The molecule has 0 aromatic carbocycles. The molecular weight excluding hydrogens is 168 g/mol. The van der Waals surface area contributed by atoms with Gasteiger partial charge in [-0.15, -0.1) is 6.58 Å². The lowest BCUT2D eigenvalue weighted by Gasteiger charge is -2.41. The van der Waals surface area contributed by atoms with Gasteiger partial charge in [0.15, 0.2) is 0 Å². The molecule has 3 heteroatoms. The minimum absolute atomic E-state index is 0.148. The monoisotopic (exact) mass is 184 g/mol. The average Bonchev–Trinajstić information content (AvgIpc) is 1.82. The maximum Gasteiger partial charge on any atom is 0.422 e. The molecule has 0 aromatic heterocycles. The van der Waals surface area contributed by atoms with E-state index in [1.807, 2.05) is 6.55 Å². The molecule has 1 fully saturated rings. The predicted molar refractivity (Wildman–Crippen MR) is 51.8 cm³/mol. The summed E-state index contributed by atoms with van der Waals surface area (Å²) in [5.41, 5.74) is 1.64. The van der Waals surface area contributed by atoms with Crippen molar-refractivity contribution in [1.29, 1.82) is 0 Å². The predicted octanol–water partition coefficient (Wildman–Crippen LogP) is 2.51. The molecule has 0 amide bonds. The molecule has 1 saturated heterocycles. The summed E-state index contributed by atoms with van der Waals surface area (Å²) < 4.78 is 11.4. The Kier molecular flexibility index (Phi) is 2.18. The first-order chi connectivity index (χ1) is 5.37. The largest absolute Gasteiger partial charge is 0.522 e. The van der Waals surface area contributed by atoms with Gasteiger partial charge in [-0.25, -0.2) is 0 Å². The Labute approximate surface area is 75.1 Å². The maximum absolute atomic E-state index is 5.82. The van der Waals surface area contributed by atoms with Gasteiger partial charge >= 0.3 is 8.56 Å². The van der Waals surface area contributed by atoms with E-state index in [2.05, 4.69) is 27.0 Å². The van der Waals surface area contributed by atoms with Crippen LogP contribution in [0.5, 0.6) is 0 Å². The Bertz CT molecular complexity index is 223. The molecule has 0 radical (unpaired) electrons. The van der Waals surface area contributed by atoms with E-state index in [-0.39, 0.29) is 5.60 Å². The van der Waals surface area contributed by atoms with Crippen molar-refractivity contribution in [3.8, 4) is 0 Å². The first kappa shape index (κ1) is 9.54. The molecule has 0 N–H and O–H groups in total. The highest BCUT2D eigenvalue weighted by Gasteiger charge is 2.42. The van der Waals surface area contributed by atoms with Gasteiger partial charge in [-0.3, -0.25) is 0 Å². The highest BCUT2D eigenvalue weighted by molar-refractivity contribution is 6.71. The lowest BCUT2D eigenvalue weighted by molar-refractivity contribution is 0.0264. The van der Waals surface area contributed by atoms with Crippen LogP contribution in [-0.4, -0.2) is 14.2 Å². The SMILES string of the molecule is C=C[Si]1(C)OC(=C)CC(C)(C)O1. The second-order valence-corrected chi connectivity index (χ2v) is 6.75. The summed E-state index contributed by atoms with van der Waals surface area (Å²) in [6.07, 6.45) is 0.767. The van der Waals surface area contributed by atoms with Crippen LogP contribution in [0.2, 0.25) is 6.55 Å². The van der Waals surface area contributed by atoms with E-state index in [1.165, 1.54) is 0 Å². The van der Waals surface area contributed by atoms with Gasteiger partial charge < -0.3 is 8.85 Å². The standard InChI is InChI=1S/C9H16O2Si/c1-6-12(5)10-8(2)7-9(3,4)11-12/h6H,1-2,7H2,3-5H3. The van der Waals surface area contributed by atoms with Crippen LogP contribution in [-0.2, 0) is 8.85 Å². The van der Waals surface area contributed by atoms with Gasteiger partial charge in [0, 0.05) is 6.42 Å². The van der Waals surface area contributed by atoms with Crippen molar-refractivity contribution in [2.75, 3.05) is 0 Å². The first-order valence-corrected chi connectivity index (χ1v) is 6.47. The van der Waals surface area contributed by atoms with Crippen molar-refractivity contribution in [3.05, 3.63) is 24.6 Å². The van der Waals surface area contributed by atoms with Crippen molar-refractivity contribution in [3.63, 3.8) is 0 Å². The van der Waals surface area contributed by atoms with Crippen LogP contribution in [0.4, 0.5) is 0 Å². The summed E-state index contributed by atoms with van der Waals surface area (Å²) in [6.45, 7) is 13.6. The summed E-state index contributed by atoms with van der Waals surface area (Å²) in [5, 5.41) is 0. The fourth-order valence-corrected chi connectivity index (χ4v) is 3.51. The van der Waals surface area contributed by atoms with Crippen molar-refractivity contribution in [1.82, 2.24) is 0 Å². The molecule has 1 aliphatic rings.